The molecule has 0 radical (unpaired) electrons. The maximum Gasteiger partial charge on any atom is 0.183 e. The molecule has 0 aliphatic carbocycles. The second kappa shape index (κ2) is 6.71. The van der Waals surface area contributed by atoms with Crippen LogP contribution in [0.3, 0.4) is 0 Å². The van der Waals surface area contributed by atoms with E-state index in [0.717, 1.165) is 28.3 Å². The van der Waals surface area contributed by atoms with Gasteiger partial charge in [-0.05, 0) is 65.0 Å². The van der Waals surface area contributed by atoms with E-state index in [4.69, 9.17) is 0 Å². The van der Waals surface area contributed by atoms with Crippen LogP contribution in [0.15, 0.2) is 30.3 Å². The predicted molar refractivity (Wildman–Crippen MR) is 102 cm³/mol. The average molecular weight is 327 g/mol. The average Bonchev–Trinajstić information content (AvgIpc) is 2.80. The maximum absolute atomic E-state index is 12.6. The molecule has 0 unspecified atom stereocenters. The van der Waals surface area contributed by atoms with E-state index in [1.165, 1.54) is 0 Å². The molecule has 0 bridgehead atoms. The van der Waals surface area contributed by atoms with Gasteiger partial charge in [-0.25, -0.2) is 0 Å². The van der Waals surface area contributed by atoms with Crippen LogP contribution in [0.2, 0.25) is 0 Å². The second-order valence-electron chi connectivity index (χ2n) is 7.51. The summed E-state index contributed by atoms with van der Waals surface area (Å²) in [4.78, 5) is 14.7. The zero-order valence-electron chi connectivity index (χ0n) is 15.9. The fraction of sp³-hybridized carbons (Fsp3) is 0.450. The Bertz CT molecular complexity index is 719. The van der Waals surface area contributed by atoms with E-state index in [1.807, 2.05) is 51.4 Å². The fourth-order valence-corrected chi connectivity index (χ4v) is 3.23. The molecule has 2 rings (SSSR count). The number of benzene rings is 1. The van der Waals surface area contributed by atoms with Crippen LogP contribution in [0.25, 0.3) is 0 Å². The Morgan fingerprint density at radius 1 is 1.12 bits per heavy atom. The minimum absolute atomic E-state index is 0.0257. The molecule has 1 heterocycles. The second-order valence-corrected chi connectivity index (χ2v) is 7.51. The first-order chi connectivity index (χ1) is 11.1. The van der Waals surface area contributed by atoms with Gasteiger partial charge in [0.25, 0.3) is 0 Å². The molecule has 0 aliphatic rings. The van der Waals surface area contributed by atoms with Gasteiger partial charge >= 0.3 is 0 Å². The minimum atomic E-state index is -0.0257. The number of hydrogen-bond donors (Lipinski definition) is 1. The topological polar surface area (TPSA) is 37.3 Å². The zero-order chi connectivity index (χ0) is 18.1. The van der Waals surface area contributed by atoms with Crippen molar-refractivity contribution in [3.63, 3.8) is 0 Å². The Balaban J connectivity index is 2.11. The molecule has 0 fully saturated rings. The molecule has 4 heteroatoms. The Morgan fingerprint density at radius 2 is 1.71 bits per heavy atom. The third kappa shape index (κ3) is 3.81. The molecule has 1 N–H and O–H groups in total. The summed E-state index contributed by atoms with van der Waals surface area (Å²) in [5.41, 5.74) is 5.04. The first-order valence-electron chi connectivity index (χ1n) is 8.35. The number of nitrogens with zero attached hydrogens (tertiary/aromatic N) is 2. The van der Waals surface area contributed by atoms with Gasteiger partial charge in [0.1, 0.15) is 0 Å². The molecule has 1 aromatic carbocycles. The monoisotopic (exact) mass is 327 g/mol. The summed E-state index contributed by atoms with van der Waals surface area (Å²) < 4.78 is 2.23. The molecule has 0 atom stereocenters. The summed E-state index contributed by atoms with van der Waals surface area (Å²) in [7, 11) is 4.02. The van der Waals surface area contributed by atoms with E-state index in [9.17, 15) is 4.79 Å². The zero-order valence-corrected chi connectivity index (χ0v) is 15.9. The standard InChI is InChI=1S/C20H29N3O/c1-14-12-18(15(2)23(14)20(3,4)5)19(24)13-21-16-8-10-17(11-9-16)22(6)7/h8-12,21H,13H2,1-7H3. The summed E-state index contributed by atoms with van der Waals surface area (Å²) in [6, 6.07) is 10.1. The van der Waals surface area contributed by atoms with Crippen molar-refractivity contribution in [3.8, 4) is 0 Å². The summed E-state index contributed by atoms with van der Waals surface area (Å²) in [5.74, 6) is 0.121. The van der Waals surface area contributed by atoms with Gasteiger partial charge in [-0.3, -0.25) is 4.79 Å². The smallest absolute Gasteiger partial charge is 0.183 e. The van der Waals surface area contributed by atoms with Crippen molar-refractivity contribution in [2.45, 2.75) is 40.2 Å². The molecule has 130 valence electrons. The Kier molecular flexibility index (Phi) is 5.07. The first-order valence-corrected chi connectivity index (χ1v) is 8.35. The molecule has 0 amide bonds. The first kappa shape index (κ1) is 18.1. The number of aryl methyl sites for hydroxylation is 1. The molecule has 2 aromatic rings. The quantitative estimate of drug-likeness (QED) is 0.836. The normalized spacial score (nSPS) is 11.5. The van der Waals surface area contributed by atoms with E-state index in [0.29, 0.717) is 6.54 Å². The molecule has 4 nitrogen and oxygen atoms in total. The van der Waals surface area contributed by atoms with Crippen molar-refractivity contribution in [2.75, 3.05) is 30.9 Å². The number of anilines is 2. The van der Waals surface area contributed by atoms with Gasteiger partial charge in [-0.15, -0.1) is 0 Å². The highest BCUT2D eigenvalue weighted by molar-refractivity contribution is 6.00. The lowest BCUT2D eigenvalue weighted by molar-refractivity contribution is 0.101. The van der Waals surface area contributed by atoms with Crippen molar-refractivity contribution < 1.29 is 4.79 Å². The van der Waals surface area contributed by atoms with Gasteiger partial charge in [0.15, 0.2) is 5.78 Å². The lowest BCUT2D eigenvalue weighted by Crippen LogP contribution is -2.24. The molecule has 1 aromatic heterocycles. The van der Waals surface area contributed by atoms with E-state index in [2.05, 4.69) is 42.5 Å². The molecule has 0 saturated carbocycles. The molecule has 0 spiro atoms. The number of rotatable bonds is 5. The molecular formula is C20H29N3O. The number of nitrogens with one attached hydrogen (secondary N) is 1. The largest absolute Gasteiger partial charge is 0.378 e. The molecule has 0 saturated heterocycles. The fourth-order valence-electron chi connectivity index (χ4n) is 3.23. The van der Waals surface area contributed by atoms with Gasteiger partial charge in [0.05, 0.1) is 6.54 Å². The lowest BCUT2D eigenvalue weighted by atomic mass is 10.1. The van der Waals surface area contributed by atoms with E-state index in [1.54, 1.807) is 0 Å². The summed E-state index contributed by atoms with van der Waals surface area (Å²) in [6.07, 6.45) is 0. The highest BCUT2D eigenvalue weighted by Gasteiger charge is 2.22. The van der Waals surface area contributed by atoms with Crippen LogP contribution < -0.4 is 10.2 Å². The number of aromatic nitrogens is 1. The van der Waals surface area contributed by atoms with Crippen molar-refractivity contribution in [2.24, 2.45) is 0 Å². The van der Waals surface area contributed by atoms with Crippen molar-refractivity contribution in [3.05, 3.63) is 47.3 Å². The third-order valence-corrected chi connectivity index (χ3v) is 4.24. The van der Waals surface area contributed by atoms with Crippen LogP contribution in [-0.2, 0) is 5.54 Å². The van der Waals surface area contributed by atoms with Gasteiger partial charge in [-0.2, -0.15) is 0 Å². The van der Waals surface area contributed by atoms with Crippen LogP contribution in [0.1, 0.15) is 42.5 Å². The predicted octanol–water partition coefficient (Wildman–Crippen LogP) is 4.22. The van der Waals surface area contributed by atoms with Gasteiger partial charge in [0.2, 0.25) is 0 Å². The van der Waals surface area contributed by atoms with Gasteiger partial charge < -0.3 is 14.8 Å². The molecular weight excluding hydrogens is 298 g/mol. The lowest BCUT2D eigenvalue weighted by Gasteiger charge is -2.25. The number of carbonyl (C=O) groups is 1. The van der Waals surface area contributed by atoms with Crippen LogP contribution in [-0.4, -0.2) is 31.0 Å². The van der Waals surface area contributed by atoms with E-state index >= 15 is 0 Å². The van der Waals surface area contributed by atoms with Crippen molar-refractivity contribution in [1.29, 1.82) is 0 Å². The Hall–Kier alpha value is -2.23. The molecule has 24 heavy (non-hydrogen) atoms. The summed E-state index contributed by atoms with van der Waals surface area (Å²) in [6.45, 7) is 10.9. The maximum atomic E-state index is 12.6. The Morgan fingerprint density at radius 3 is 2.17 bits per heavy atom. The number of hydrogen-bond acceptors (Lipinski definition) is 3. The Labute approximate surface area is 145 Å². The van der Waals surface area contributed by atoms with E-state index < -0.39 is 0 Å². The van der Waals surface area contributed by atoms with Crippen LogP contribution in [0.4, 0.5) is 11.4 Å². The van der Waals surface area contributed by atoms with Gasteiger partial charge in [-0.1, -0.05) is 0 Å². The van der Waals surface area contributed by atoms with E-state index in [-0.39, 0.29) is 11.3 Å². The molecule has 0 aliphatic heterocycles. The van der Waals surface area contributed by atoms with Crippen LogP contribution in [0.5, 0.6) is 0 Å². The summed E-state index contributed by atoms with van der Waals surface area (Å²) in [5, 5.41) is 3.23. The highest BCUT2D eigenvalue weighted by atomic mass is 16.1. The summed E-state index contributed by atoms with van der Waals surface area (Å²) >= 11 is 0. The highest BCUT2D eigenvalue weighted by Crippen LogP contribution is 2.25. The number of ketones is 1. The van der Waals surface area contributed by atoms with Crippen LogP contribution in [0, 0.1) is 13.8 Å². The van der Waals surface area contributed by atoms with Crippen molar-refractivity contribution >= 4 is 17.2 Å². The van der Waals surface area contributed by atoms with Crippen molar-refractivity contribution in [1.82, 2.24) is 4.57 Å². The number of Topliss-reactive ketones (excluding diaryl/α,β-unsaturated/α-hetero) is 1. The van der Waals surface area contributed by atoms with Gasteiger partial charge in [0, 0.05) is 48.0 Å². The minimum Gasteiger partial charge on any atom is -0.378 e. The number of carbonyl (C=O) groups excluding carboxylic acids is 1. The van der Waals surface area contributed by atoms with Crippen LogP contribution >= 0.6 is 0 Å². The third-order valence-electron chi connectivity index (χ3n) is 4.24. The SMILES string of the molecule is Cc1cc(C(=O)CNc2ccc(N(C)C)cc2)c(C)n1C(C)(C)C.